The molecule has 0 aliphatic rings. The van der Waals surface area contributed by atoms with Gasteiger partial charge in [-0.3, -0.25) is 13.8 Å². The predicted molar refractivity (Wildman–Crippen MR) is 247 cm³/mol. The first-order valence-corrected chi connectivity index (χ1v) is 25.3. The fraction of sp³-hybridized carbons (Fsp3) is 0.776. The van der Waals surface area contributed by atoms with Crippen LogP contribution in [0, 0.1) is 0 Å². The Morgan fingerprint density at radius 2 is 0.966 bits per heavy atom. The molecule has 0 aliphatic carbocycles. The van der Waals surface area contributed by atoms with Crippen LogP contribution in [0.5, 0.6) is 0 Å². The molecule has 8 nitrogen and oxygen atoms in total. The fourth-order valence-electron chi connectivity index (χ4n) is 6.45. The summed E-state index contributed by atoms with van der Waals surface area (Å²) in [5.41, 5.74) is 5.38. The van der Waals surface area contributed by atoms with Crippen molar-refractivity contribution in [2.75, 3.05) is 33.0 Å². The zero-order valence-corrected chi connectivity index (χ0v) is 38.4. The Labute approximate surface area is 357 Å². The lowest BCUT2D eigenvalue weighted by Gasteiger charge is -2.20. The smallest absolute Gasteiger partial charge is 0.457 e. The van der Waals surface area contributed by atoms with Gasteiger partial charge in [-0.25, -0.2) is 4.57 Å². The third-order valence-corrected chi connectivity index (χ3v) is 10.9. The topological polar surface area (TPSA) is 117 Å². The molecule has 2 atom stereocenters. The number of unbranched alkanes of at least 4 members (excludes halogenated alkanes) is 22. The average Bonchev–Trinajstić information content (AvgIpc) is 3.21. The lowest BCUT2D eigenvalue weighted by atomic mass is 10.0. The number of carbonyl (C=O) groups is 1. The van der Waals surface area contributed by atoms with Gasteiger partial charge in [0.1, 0.15) is 6.10 Å². The minimum absolute atomic E-state index is 0.0927. The van der Waals surface area contributed by atoms with Crippen LogP contribution < -0.4 is 5.73 Å². The van der Waals surface area contributed by atoms with E-state index in [4.69, 9.17) is 24.3 Å². The fourth-order valence-corrected chi connectivity index (χ4v) is 7.22. The molecule has 0 aliphatic heterocycles. The first-order valence-electron chi connectivity index (χ1n) is 23.8. The number of ether oxygens (including phenoxy) is 2. The van der Waals surface area contributed by atoms with Crippen molar-refractivity contribution in [2.24, 2.45) is 5.73 Å². The Hall–Kier alpha value is -1.80. The van der Waals surface area contributed by atoms with Gasteiger partial charge in [0.15, 0.2) is 0 Å². The third kappa shape index (κ3) is 45.3. The van der Waals surface area contributed by atoms with E-state index >= 15 is 0 Å². The van der Waals surface area contributed by atoms with Crippen molar-refractivity contribution in [3.8, 4) is 0 Å². The number of hydrogen-bond donors (Lipinski definition) is 2. The summed E-state index contributed by atoms with van der Waals surface area (Å²) in [7, 11) is -4.29. The van der Waals surface area contributed by atoms with Crippen LogP contribution in [0.2, 0.25) is 0 Å². The molecule has 2 unspecified atom stereocenters. The Balaban J connectivity index is 4.00. The monoisotopic (exact) mass is 836 g/mol. The van der Waals surface area contributed by atoms with Crippen LogP contribution in [-0.2, 0) is 27.9 Å². The first kappa shape index (κ1) is 56.2. The Kier molecular flexibility index (Phi) is 44.8. The minimum atomic E-state index is -4.29. The largest absolute Gasteiger partial charge is 0.472 e. The second kappa shape index (κ2) is 46.3. The standard InChI is InChI=1S/C49H90NO7P/c1-3-5-7-9-11-13-15-17-19-21-22-23-24-25-26-27-28-30-32-34-36-38-40-42-49(51)57-48(47-56-58(52,53)55-45-43-50)46-54-44-41-39-37-35-33-31-29-20-18-16-14-12-10-8-6-4-2/h6,8,12,14,18,20-22,31,33,48H,3-5,7,9-11,13,15-17,19,23-30,32,34-47,50H2,1-2H3,(H,52,53)/b8-6-,14-12-,20-18-,22-21-,33-31-. The van der Waals surface area contributed by atoms with Gasteiger partial charge in [-0.2, -0.15) is 0 Å². The molecule has 0 rings (SSSR count). The summed E-state index contributed by atoms with van der Waals surface area (Å²) in [4.78, 5) is 22.5. The molecule has 338 valence electrons. The van der Waals surface area contributed by atoms with Crippen molar-refractivity contribution in [1.29, 1.82) is 0 Å². The zero-order valence-electron chi connectivity index (χ0n) is 37.5. The zero-order chi connectivity index (χ0) is 42.3. The van der Waals surface area contributed by atoms with Gasteiger partial charge < -0.3 is 20.1 Å². The number of allylic oxidation sites excluding steroid dienone is 10. The van der Waals surface area contributed by atoms with Crippen molar-refractivity contribution in [3.63, 3.8) is 0 Å². The van der Waals surface area contributed by atoms with Gasteiger partial charge in [-0.05, 0) is 77.0 Å². The van der Waals surface area contributed by atoms with E-state index in [2.05, 4.69) is 74.6 Å². The maximum atomic E-state index is 12.6. The molecule has 0 aromatic heterocycles. The van der Waals surface area contributed by atoms with Crippen molar-refractivity contribution < 1.29 is 32.8 Å². The highest BCUT2D eigenvalue weighted by Gasteiger charge is 2.25. The number of esters is 1. The normalized spacial score (nSPS) is 13.9. The first-order chi connectivity index (χ1) is 28.4. The van der Waals surface area contributed by atoms with Gasteiger partial charge in [0.25, 0.3) is 0 Å². The average molecular weight is 836 g/mol. The Morgan fingerprint density at radius 3 is 1.47 bits per heavy atom. The van der Waals surface area contributed by atoms with Gasteiger partial charge >= 0.3 is 13.8 Å². The minimum Gasteiger partial charge on any atom is -0.457 e. The second-order valence-electron chi connectivity index (χ2n) is 15.6. The van der Waals surface area contributed by atoms with Crippen molar-refractivity contribution in [2.45, 2.75) is 213 Å². The van der Waals surface area contributed by atoms with E-state index < -0.39 is 13.9 Å². The molecule has 0 saturated carbocycles. The SMILES string of the molecule is CC/C=C\C/C=C\C/C=C\C/C=C\CCCCCOCC(COP(=O)(O)OCCN)OC(=O)CCCCCCCCCCCCC/C=C\CCCCCCCCCC. The lowest BCUT2D eigenvalue weighted by Crippen LogP contribution is -2.28. The molecular weight excluding hydrogens is 746 g/mol. The Bertz CT molecular complexity index is 1070. The van der Waals surface area contributed by atoms with E-state index in [1.807, 2.05) is 0 Å². The summed E-state index contributed by atoms with van der Waals surface area (Å²) in [5.74, 6) is -0.343. The number of hydrogen-bond acceptors (Lipinski definition) is 7. The van der Waals surface area contributed by atoms with Crippen LogP contribution in [0.4, 0.5) is 0 Å². The molecule has 0 fully saturated rings. The number of carbonyl (C=O) groups excluding carboxylic acids is 1. The van der Waals surface area contributed by atoms with Gasteiger partial charge in [0.05, 0.1) is 19.8 Å². The molecule has 0 bridgehead atoms. The number of nitrogens with two attached hydrogens (primary N) is 1. The maximum Gasteiger partial charge on any atom is 0.472 e. The molecule has 3 N–H and O–H groups in total. The molecule has 0 saturated heterocycles. The van der Waals surface area contributed by atoms with Crippen molar-refractivity contribution in [1.82, 2.24) is 0 Å². The van der Waals surface area contributed by atoms with Crippen LogP contribution in [0.15, 0.2) is 60.8 Å². The van der Waals surface area contributed by atoms with Crippen molar-refractivity contribution in [3.05, 3.63) is 60.8 Å². The summed E-state index contributed by atoms with van der Waals surface area (Å²) in [6.45, 7) is 4.74. The van der Waals surface area contributed by atoms with Crippen LogP contribution in [0.3, 0.4) is 0 Å². The summed E-state index contributed by atoms with van der Waals surface area (Å²) < 4.78 is 33.5. The molecule has 0 heterocycles. The molecular formula is C49H90NO7P. The summed E-state index contributed by atoms with van der Waals surface area (Å²) >= 11 is 0. The molecule has 0 spiro atoms. The van der Waals surface area contributed by atoms with Crippen LogP contribution in [0.25, 0.3) is 0 Å². The second-order valence-corrected chi connectivity index (χ2v) is 17.0. The number of rotatable bonds is 45. The highest BCUT2D eigenvalue weighted by atomic mass is 31.2. The quantitative estimate of drug-likeness (QED) is 0.0269. The van der Waals surface area contributed by atoms with E-state index in [0.29, 0.717) is 13.0 Å². The van der Waals surface area contributed by atoms with E-state index in [0.717, 1.165) is 70.6 Å². The number of phosphoric acid groups is 1. The van der Waals surface area contributed by atoms with Gasteiger partial charge in [-0.1, -0.05) is 184 Å². The highest BCUT2D eigenvalue weighted by molar-refractivity contribution is 7.47. The van der Waals surface area contributed by atoms with Crippen LogP contribution in [0.1, 0.15) is 206 Å². The summed E-state index contributed by atoms with van der Waals surface area (Å²) in [6.07, 6.45) is 56.8. The van der Waals surface area contributed by atoms with Crippen LogP contribution in [-0.4, -0.2) is 49.9 Å². The summed E-state index contributed by atoms with van der Waals surface area (Å²) in [5, 5.41) is 0. The maximum absolute atomic E-state index is 12.6. The van der Waals surface area contributed by atoms with Gasteiger partial charge in [0, 0.05) is 19.6 Å². The lowest BCUT2D eigenvalue weighted by molar-refractivity contribution is -0.154. The molecule has 0 amide bonds. The van der Waals surface area contributed by atoms with E-state index in [9.17, 15) is 14.3 Å². The molecule has 58 heavy (non-hydrogen) atoms. The van der Waals surface area contributed by atoms with Crippen molar-refractivity contribution >= 4 is 13.8 Å². The predicted octanol–water partition coefficient (Wildman–Crippen LogP) is 14.5. The van der Waals surface area contributed by atoms with Gasteiger partial charge in [0.2, 0.25) is 0 Å². The van der Waals surface area contributed by atoms with Gasteiger partial charge in [-0.15, -0.1) is 0 Å². The number of phosphoric ester groups is 1. The van der Waals surface area contributed by atoms with E-state index in [-0.39, 0.29) is 32.3 Å². The van der Waals surface area contributed by atoms with Crippen LogP contribution >= 0.6 is 7.82 Å². The molecule has 0 aromatic rings. The summed E-state index contributed by atoms with van der Waals surface area (Å²) in [6, 6.07) is 0. The third-order valence-electron chi connectivity index (χ3n) is 9.92. The van der Waals surface area contributed by atoms with E-state index in [1.165, 1.54) is 116 Å². The van der Waals surface area contributed by atoms with E-state index in [1.54, 1.807) is 0 Å². The molecule has 9 heteroatoms. The highest BCUT2D eigenvalue weighted by Crippen LogP contribution is 2.43. The molecule has 0 radical (unpaired) electrons. The molecule has 0 aromatic carbocycles. The Morgan fingerprint density at radius 1 is 0.534 bits per heavy atom.